The van der Waals surface area contributed by atoms with Crippen molar-refractivity contribution in [1.29, 1.82) is 0 Å². The maximum Gasteiger partial charge on any atom is 0.217 e. The Morgan fingerprint density at radius 1 is 1.42 bits per heavy atom. The molecular weight excluding hydrogens is 306 g/mol. The summed E-state index contributed by atoms with van der Waals surface area (Å²) < 4.78 is 8.57. The summed E-state index contributed by atoms with van der Waals surface area (Å²) in [4.78, 5) is 4.36. The van der Waals surface area contributed by atoms with Crippen molar-refractivity contribution in [2.24, 2.45) is 5.41 Å². The van der Waals surface area contributed by atoms with Gasteiger partial charge in [0.05, 0.1) is 0 Å². The Labute approximate surface area is 121 Å². The van der Waals surface area contributed by atoms with Crippen LogP contribution in [-0.4, -0.2) is 14.8 Å². The number of aryl methyl sites for hydroxylation is 1. The highest BCUT2D eigenvalue weighted by Crippen LogP contribution is 2.32. The normalized spacial score (nSPS) is 23.9. The zero-order valence-corrected chi connectivity index (χ0v) is 12.6. The molecule has 5 heteroatoms. The standard InChI is InChI=1S/C14H16BrN3O/c1-14(2)7-3-4-10(5-8-14)19-11-6-9-18-12(11)16-13(15)17-18/h3-5,7-8,11H,6,9H2,1-2H3. The lowest BCUT2D eigenvalue weighted by atomic mass is 9.93. The van der Waals surface area contributed by atoms with E-state index in [2.05, 4.69) is 52.0 Å². The third kappa shape index (κ3) is 2.66. The minimum atomic E-state index is -0.00990. The van der Waals surface area contributed by atoms with Gasteiger partial charge in [0.2, 0.25) is 4.73 Å². The molecule has 1 unspecified atom stereocenters. The van der Waals surface area contributed by atoms with Gasteiger partial charge in [-0.2, -0.15) is 0 Å². The number of hydrogen-bond acceptors (Lipinski definition) is 3. The summed E-state index contributed by atoms with van der Waals surface area (Å²) in [6.45, 7) is 5.19. The highest BCUT2D eigenvalue weighted by atomic mass is 79.9. The van der Waals surface area contributed by atoms with Gasteiger partial charge < -0.3 is 4.74 Å². The molecule has 0 N–H and O–H groups in total. The van der Waals surface area contributed by atoms with Crippen molar-refractivity contribution >= 4 is 15.9 Å². The molecule has 1 aromatic rings. The van der Waals surface area contributed by atoms with E-state index in [1.165, 1.54) is 0 Å². The maximum absolute atomic E-state index is 6.04. The predicted octanol–water partition coefficient (Wildman–Crippen LogP) is 3.54. The Hall–Kier alpha value is -1.36. The number of fused-ring (bicyclic) bond motifs is 1. The lowest BCUT2D eigenvalue weighted by Gasteiger charge is -2.14. The molecule has 2 aliphatic rings. The average Bonchev–Trinajstić information content (AvgIpc) is 2.80. The van der Waals surface area contributed by atoms with Crippen LogP contribution in [0, 0.1) is 5.41 Å². The van der Waals surface area contributed by atoms with Crippen LogP contribution in [0.15, 0.2) is 40.9 Å². The van der Waals surface area contributed by atoms with Gasteiger partial charge in [-0.25, -0.2) is 9.67 Å². The van der Waals surface area contributed by atoms with Gasteiger partial charge in [-0.05, 0) is 28.1 Å². The smallest absolute Gasteiger partial charge is 0.217 e. The summed E-state index contributed by atoms with van der Waals surface area (Å²) in [6, 6.07) is 0. The first kappa shape index (κ1) is 12.7. The summed E-state index contributed by atoms with van der Waals surface area (Å²) >= 11 is 3.30. The summed E-state index contributed by atoms with van der Waals surface area (Å²) in [5.41, 5.74) is 0.0698. The van der Waals surface area contributed by atoms with Gasteiger partial charge in [0.1, 0.15) is 5.76 Å². The molecule has 4 nitrogen and oxygen atoms in total. The molecular formula is C14H16BrN3O. The van der Waals surface area contributed by atoms with Crippen LogP contribution >= 0.6 is 15.9 Å². The number of halogens is 1. The first-order valence-electron chi connectivity index (χ1n) is 6.39. The molecule has 0 amide bonds. The van der Waals surface area contributed by atoms with Gasteiger partial charge in [0.15, 0.2) is 11.9 Å². The lowest BCUT2D eigenvalue weighted by Crippen LogP contribution is -2.02. The summed E-state index contributed by atoms with van der Waals surface area (Å²) in [7, 11) is 0. The summed E-state index contributed by atoms with van der Waals surface area (Å²) in [5.74, 6) is 1.77. The molecule has 0 aromatic carbocycles. The van der Waals surface area contributed by atoms with E-state index in [-0.39, 0.29) is 11.5 Å². The monoisotopic (exact) mass is 321 g/mol. The van der Waals surface area contributed by atoms with E-state index in [0.29, 0.717) is 4.73 Å². The third-order valence-corrected chi connectivity index (χ3v) is 3.64. The largest absolute Gasteiger partial charge is 0.482 e. The topological polar surface area (TPSA) is 39.9 Å². The Balaban J connectivity index is 1.77. The van der Waals surface area contributed by atoms with E-state index in [1.807, 2.05) is 22.9 Å². The van der Waals surface area contributed by atoms with Gasteiger partial charge in [0.25, 0.3) is 0 Å². The van der Waals surface area contributed by atoms with E-state index < -0.39 is 0 Å². The van der Waals surface area contributed by atoms with Crippen LogP contribution in [0.25, 0.3) is 0 Å². The van der Waals surface area contributed by atoms with Crippen LogP contribution in [0.5, 0.6) is 0 Å². The summed E-state index contributed by atoms with van der Waals surface area (Å²) in [6.07, 6.45) is 11.3. The Morgan fingerprint density at radius 3 is 3.11 bits per heavy atom. The van der Waals surface area contributed by atoms with Gasteiger partial charge in [-0.3, -0.25) is 0 Å². The fourth-order valence-electron chi connectivity index (χ4n) is 2.25. The summed E-state index contributed by atoms with van der Waals surface area (Å²) in [5, 5.41) is 4.27. The molecule has 1 atom stereocenters. The number of nitrogens with zero attached hydrogens (tertiary/aromatic N) is 3. The fourth-order valence-corrected chi connectivity index (χ4v) is 2.62. The first-order chi connectivity index (χ1) is 9.03. The Bertz CT molecular complexity index is 584. The van der Waals surface area contributed by atoms with Crippen LogP contribution in [0.4, 0.5) is 0 Å². The van der Waals surface area contributed by atoms with Gasteiger partial charge in [0, 0.05) is 18.4 Å². The first-order valence-corrected chi connectivity index (χ1v) is 7.18. The molecule has 0 saturated heterocycles. The van der Waals surface area contributed by atoms with E-state index in [9.17, 15) is 0 Å². The molecule has 0 saturated carbocycles. The second kappa shape index (κ2) is 4.63. The molecule has 1 aliphatic carbocycles. The third-order valence-electron chi connectivity index (χ3n) is 3.31. The van der Waals surface area contributed by atoms with Crippen molar-refractivity contribution in [3.63, 3.8) is 0 Å². The molecule has 3 rings (SSSR count). The number of allylic oxidation sites excluding steroid dienone is 5. The second-order valence-corrected chi connectivity index (χ2v) is 6.15. The van der Waals surface area contributed by atoms with Crippen LogP contribution in [0.3, 0.4) is 0 Å². The molecule has 2 heterocycles. The van der Waals surface area contributed by atoms with Crippen molar-refractivity contribution in [2.45, 2.75) is 32.9 Å². The van der Waals surface area contributed by atoms with Crippen molar-refractivity contribution in [3.8, 4) is 0 Å². The van der Waals surface area contributed by atoms with Crippen molar-refractivity contribution in [2.75, 3.05) is 0 Å². The molecule has 1 aliphatic heterocycles. The van der Waals surface area contributed by atoms with Crippen LogP contribution in [-0.2, 0) is 11.3 Å². The minimum Gasteiger partial charge on any atom is -0.482 e. The number of aromatic nitrogens is 3. The fraction of sp³-hybridized carbons (Fsp3) is 0.429. The SMILES string of the molecule is CC1(C)C=CC=C(OC2CCn3nc(Br)nc32)C=C1. The highest BCUT2D eigenvalue weighted by Gasteiger charge is 2.28. The molecule has 100 valence electrons. The van der Waals surface area contributed by atoms with E-state index in [0.717, 1.165) is 24.5 Å². The molecule has 19 heavy (non-hydrogen) atoms. The van der Waals surface area contributed by atoms with E-state index in [4.69, 9.17) is 4.74 Å². The van der Waals surface area contributed by atoms with Crippen molar-refractivity contribution < 1.29 is 4.74 Å². The van der Waals surface area contributed by atoms with E-state index >= 15 is 0 Å². The lowest BCUT2D eigenvalue weighted by molar-refractivity contribution is 0.124. The molecule has 1 aromatic heterocycles. The van der Waals surface area contributed by atoms with Crippen LogP contribution in [0.2, 0.25) is 0 Å². The molecule has 0 spiro atoms. The predicted molar refractivity (Wildman–Crippen MR) is 76.3 cm³/mol. The zero-order valence-electron chi connectivity index (χ0n) is 11.0. The van der Waals surface area contributed by atoms with E-state index in [1.54, 1.807) is 0 Å². The number of ether oxygens (including phenoxy) is 1. The Morgan fingerprint density at radius 2 is 2.26 bits per heavy atom. The number of hydrogen-bond donors (Lipinski definition) is 0. The molecule has 0 radical (unpaired) electrons. The molecule has 0 bridgehead atoms. The average molecular weight is 322 g/mol. The molecule has 0 fully saturated rings. The number of rotatable bonds is 2. The van der Waals surface area contributed by atoms with Gasteiger partial charge >= 0.3 is 0 Å². The van der Waals surface area contributed by atoms with Gasteiger partial charge in [-0.1, -0.05) is 32.1 Å². The second-order valence-electron chi connectivity index (χ2n) is 5.44. The van der Waals surface area contributed by atoms with Crippen LogP contribution < -0.4 is 0 Å². The van der Waals surface area contributed by atoms with Crippen molar-refractivity contribution in [3.05, 3.63) is 46.7 Å². The Kier molecular flexibility index (Phi) is 3.09. The zero-order chi connectivity index (χ0) is 13.5. The highest BCUT2D eigenvalue weighted by molar-refractivity contribution is 9.10. The van der Waals surface area contributed by atoms with Crippen molar-refractivity contribution in [1.82, 2.24) is 14.8 Å². The minimum absolute atomic E-state index is 0.00990. The van der Waals surface area contributed by atoms with Crippen LogP contribution in [0.1, 0.15) is 32.2 Å². The maximum atomic E-state index is 6.04. The van der Waals surface area contributed by atoms with Gasteiger partial charge in [-0.15, -0.1) is 5.10 Å². The quantitative estimate of drug-likeness (QED) is 0.836.